The lowest BCUT2D eigenvalue weighted by Crippen LogP contribution is -2.52. The van der Waals surface area contributed by atoms with Gasteiger partial charge in [-0.05, 0) is 36.6 Å². The number of nitrogens with one attached hydrogen (secondary N) is 1. The Morgan fingerprint density at radius 2 is 1.88 bits per heavy atom. The van der Waals surface area contributed by atoms with Gasteiger partial charge in [0.2, 0.25) is 11.8 Å². The maximum Gasteiger partial charge on any atom is 0.247 e. The molecule has 26 heavy (non-hydrogen) atoms. The third-order valence-electron chi connectivity index (χ3n) is 4.56. The molecule has 5 heteroatoms. The van der Waals surface area contributed by atoms with Crippen molar-refractivity contribution in [2.75, 3.05) is 19.7 Å². The Hall–Kier alpha value is -2.82. The normalized spacial score (nSPS) is 16.9. The van der Waals surface area contributed by atoms with Gasteiger partial charge in [-0.3, -0.25) is 9.59 Å². The van der Waals surface area contributed by atoms with Gasteiger partial charge >= 0.3 is 0 Å². The van der Waals surface area contributed by atoms with Gasteiger partial charge in [0.25, 0.3) is 0 Å². The predicted octanol–water partition coefficient (Wildman–Crippen LogP) is 2.85. The van der Waals surface area contributed by atoms with Crippen LogP contribution in [0.15, 0.2) is 54.6 Å². The molecule has 0 spiro atoms. The molecule has 1 unspecified atom stereocenters. The van der Waals surface area contributed by atoms with Crippen molar-refractivity contribution < 1.29 is 14.3 Å². The number of hydrogen-bond acceptors (Lipinski definition) is 3. The number of hydrogen-bond donors (Lipinski definition) is 1. The second kappa shape index (κ2) is 8.52. The maximum atomic E-state index is 12.7. The second-order valence-corrected chi connectivity index (χ2v) is 6.40. The van der Waals surface area contributed by atoms with Crippen molar-refractivity contribution in [3.8, 4) is 5.75 Å². The summed E-state index contributed by atoms with van der Waals surface area (Å²) in [6.45, 7) is 3.47. The minimum atomic E-state index is -0.549. The van der Waals surface area contributed by atoms with Crippen LogP contribution in [0.1, 0.15) is 30.0 Å². The van der Waals surface area contributed by atoms with E-state index in [1.54, 1.807) is 4.90 Å². The van der Waals surface area contributed by atoms with E-state index in [-0.39, 0.29) is 11.8 Å². The first-order chi connectivity index (χ1) is 12.7. The summed E-state index contributed by atoms with van der Waals surface area (Å²) in [6.07, 6.45) is 0.981. The molecule has 136 valence electrons. The summed E-state index contributed by atoms with van der Waals surface area (Å²) in [5.41, 5.74) is 1.90. The van der Waals surface area contributed by atoms with E-state index in [1.807, 2.05) is 61.5 Å². The van der Waals surface area contributed by atoms with E-state index >= 15 is 0 Å². The number of rotatable bonds is 6. The Labute approximate surface area is 154 Å². The van der Waals surface area contributed by atoms with Crippen molar-refractivity contribution in [1.29, 1.82) is 0 Å². The number of para-hydroxylation sites is 1. The van der Waals surface area contributed by atoms with Crippen LogP contribution in [0.2, 0.25) is 0 Å². The number of nitrogens with zero attached hydrogens (tertiary/aromatic N) is 1. The molecule has 1 heterocycles. The lowest BCUT2D eigenvalue weighted by atomic mass is 9.97. The quantitative estimate of drug-likeness (QED) is 0.814. The van der Waals surface area contributed by atoms with Crippen molar-refractivity contribution >= 4 is 11.8 Å². The van der Waals surface area contributed by atoms with Crippen LogP contribution >= 0.6 is 0 Å². The van der Waals surface area contributed by atoms with Crippen LogP contribution in [-0.2, 0) is 9.59 Å². The van der Waals surface area contributed by atoms with Crippen molar-refractivity contribution in [3.63, 3.8) is 0 Å². The van der Waals surface area contributed by atoms with E-state index in [0.717, 1.165) is 16.9 Å². The molecule has 1 N–H and O–H groups in total. The van der Waals surface area contributed by atoms with Crippen molar-refractivity contribution in [2.24, 2.45) is 0 Å². The Morgan fingerprint density at radius 1 is 1.15 bits per heavy atom. The van der Waals surface area contributed by atoms with E-state index in [2.05, 4.69) is 5.32 Å². The number of piperazine rings is 1. The highest BCUT2D eigenvalue weighted by atomic mass is 16.5. The van der Waals surface area contributed by atoms with Gasteiger partial charge in [0, 0.05) is 19.5 Å². The number of aryl methyl sites for hydroxylation is 1. The first-order valence-corrected chi connectivity index (χ1v) is 8.97. The molecule has 2 amide bonds. The summed E-state index contributed by atoms with van der Waals surface area (Å²) in [5, 5.41) is 2.87. The Morgan fingerprint density at radius 3 is 2.65 bits per heavy atom. The lowest BCUT2D eigenvalue weighted by molar-refractivity contribution is -0.143. The van der Waals surface area contributed by atoms with Gasteiger partial charge in [-0.2, -0.15) is 0 Å². The molecule has 0 bridgehead atoms. The molecule has 2 aromatic rings. The van der Waals surface area contributed by atoms with E-state index < -0.39 is 6.04 Å². The number of carbonyl (C=O) groups excluding carboxylic acids is 2. The van der Waals surface area contributed by atoms with Crippen LogP contribution in [-0.4, -0.2) is 36.4 Å². The lowest BCUT2D eigenvalue weighted by Gasteiger charge is -2.36. The fourth-order valence-electron chi connectivity index (χ4n) is 3.21. The summed E-state index contributed by atoms with van der Waals surface area (Å²) >= 11 is 0. The molecule has 5 nitrogen and oxygen atoms in total. The number of benzene rings is 2. The summed E-state index contributed by atoms with van der Waals surface area (Å²) < 4.78 is 5.65. The second-order valence-electron chi connectivity index (χ2n) is 6.40. The van der Waals surface area contributed by atoms with Gasteiger partial charge in [0.15, 0.2) is 0 Å². The predicted molar refractivity (Wildman–Crippen MR) is 99.8 cm³/mol. The zero-order chi connectivity index (χ0) is 18.4. The fourth-order valence-corrected chi connectivity index (χ4v) is 3.21. The van der Waals surface area contributed by atoms with Crippen LogP contribution in [0, 0.1) is 6.92 Å². The average Bonchev–Trinajstić information content (AvgIpc) is 2.66. The van der Waals surface area contributed by atoms with Crippen LogP contribution in [0.4, 0.5) is 0 Å². The highest BCUT2D eigenvalue weighted by Gasteiger charge is 2.34. The number of ether oxygens (including phenoxy) is 1. The van der Waals surface area contributed by atoms with E-state index in [0.29, 0.717) is 32.5 Å². The summed E-state index contributed by atoms with van der Waals surface area (Å²) in [6, 6.07) is 16.7. The molecule has 0 radical (unpaired) electrons. The third-order valence-corrected chi connectivity index (χ3v) is 4.56. The molecule has 3 rings (SSSR count). The minimum Gasteiger partial charge on any atom is -0.494 e. The Balaban J connectivity index is 1.61. The summed E-state index contributed by atoms with van der Waals surface area (Å²) in [5.74, 6) is 0.680. The Bertz CT molecular complexity index is 761. The van der Waals surface area contributed by atoms with E-state index in [1.165, 1.54) is 0 Å². The van der Waals surface area contributed by atoms with Crippen LogP contribution in [0.3, 0.4) is 0 Å². The molecule has 1 fully saturated rings. The molecule has 1 saturated heterocycles. The molecule has 0 saturated carbocycles. The highest BCUT2D eigenvalue weighted by molar-refractivity contribution is 5.90. The SMILES string of the molecule is Cc1ccccc1C1C(=O)NCCN1C(=O)CCCOc1ccccc1. The molecule has 1 aliphatic heterocycles. The third kappa shape index (κ3) is 4.23. The van der Waals surface area contributed by atoms with Gasteiger partial charge in [-0.1, -0.05) is 42.5 Å². The molecule has 1 aliphatic rings. The van der Waals surface area contributed by atoms with E-state index in [4.69, 9.17) is 4.74 Å². The fraction of sp³-hybridized carbons (Fsp3) is 0.333. The maximum absolute atomic E-state index is 12.7. The molecular formula is C21H24N2O3. The van der Waals surface area contributed by atoms with Crippen molar-refractivity contribution in [3.05, 3.63) is 65.7 Å². The average molecular weight is 352 g/mol. The van der Waals surface area contributed by atoms with E-state index in [9.17, 15) is 9.59 Å². The molecule has 2 aromatic carbocycles. The highest BCUT2D eigenvalue weighted by Crippen LogP contribution is 2.26. The van der Waals surface area contributed by atoms with Crippen LogP contribution in [0.25, 0.3) is 0 Å². The number of amides is 2. The minimum absolute atomic E-state index is 0.00948. The molecule has 0 aliphatic carbocycles. The van der Waals surface area contributed by atoms with Gasteiger partial charge in [-0.25, -0.2) is 0 Å². The first-order valence-electron chi connectivity index (χ1n) is 8.97. The van der Waals surface area contributed by atoms with Gasteiger partial charge < -0.3 is 15.0 Å². The van der Waals surface area contributed by atoms with Gasteiger partial charge in [-0.15, -0.1) is 0 Å². The molecule has 0 aromatic heterocycles. The summed E-state index contributed by atoms with van der Waals surface area (Å²) in [7, 11) is 0. The molecule has 1 atom stereocenters. The van der Waals surface area contributed by atoms with Crippen molar-refractivity contribution in [1.82, 2.24) is 10.2 Å². The smallest absolute Gasteiger partial charge is 0.247 e. The first kappa shape index (κ1) is 18.0. The standard InChI is InChI=1S/C21H24N2O3/c1-16-8-5-6-11-18(16)20-21(25)22-13-14-23(20)19(24)12-7-15-26-17-9-3-2-4-10-17/h2-6,8-11,20H,7,12-15H2,1H3,(H,22,25). The van der Waals surface area contributed by atoms with Crippen LogP contribution < -0.4 is 10.1 Å². The number of carbonyl (C=O) groups is 2. The van der Waals surface area contributed by atoms with Gasteiger partial charge in [0.05, 0.1) is 6.61 Å². The van der Waals surface area contributed by atoms with Crippen LogP contribution in [0.5, 0.6) is 5.75 Å². The molecular weight excluding hydrogens is 328 g/mol. The monoisotopic (exact) mass is 352 g/mol. The van der Waals surface area contributed by atoms with Crippen molar-refractivity contribution in [2.45, 2.75) is 25.8 Å². The largest absolute Gasteiger partial charge is 0.494 e. The summed E-state index contributed by atoms with van der Waals surface area (Å²) in [4.78, 5) is 26.9. The van der Waals surface area contributed by atoms with Gasteiger partial charge in [0.1, 0.15) is 11.8 Å². The zero-order valence-electron chi connectivity index (χ0n) is 15.0. The zero-order valence-corrected chi connectivity index (χ0v) is 15.0. The Kier molecular flexibility index (Phi) is 5.89. The topological polar surface area (TPSA) is 58.6 Å².